The number of carbonyl (C=O) groups is 1. The highest BCUT2D eigenvalue weighted by Gasteiger charge is 2.16. The number of benzene rings is 1. The predicted octanol–water partition coefficient (Wildman–Crippen LogP) is 1.86. The van der Waals surface area contributed by atoms with Crippen molar-refractivity contribution in [3.05, 3.63) is 35.9 Å². The average molecular weight is 287 g/mol. The number of ether oxygens (including phenoxy) is 1. The Labute approximate surface area is 121 Å². The van der Waals surface area contributed by atoms with Gasteiger partial charge in [-0.05, 0) is 12.5 Å². The number of methoxy groups -OCH3 is 1. The Hall–Kier alpha value is -1.10. The molecule has 0 aliphatic carbocycles. The van der Waals surface area contributed by atoms with Crippen molar-refractivity contribution >= 4 is 18.3 Å². The zero-order valence-corrected chi connectivity index (χ0v) is 12.6. The predicted molar refractivity (Wildman–Crippen MR) is 79.6 cm³/mol. The first kappa shape index (κ1) is 17.9. The van der Waals surface area contributed by atoms with E-state index in [1.165, 1.54) is 0 Å². The van der Waals surface area contributed by atoms with Gasteiger partial charge in [-0.25, -0.2) is 0 Å². The van der Waals surface area contributed by atoms with Gasteiger partial charge < -0.3 is 15.0 Å². The molecule has 0 saturated carbocycles. The molecular weight excluding hydrogens is 264 g/mol. The zero-order chi connectivity index (χ0) is 13.4. The molecule has 19 heavy (non-hydrogen) atoms. The first-order valence-corrected chi connectivity index (χ1v) is 6.17. The minimum Gasteiger partial charge on any atom is -0.383 e. The van der Waals surface area contributed by atoms with Crippen molar-refractivity contribution in [1.82, 2.24) is 10.2 Å². The van der Waals surface area contributed by atoms with Gasteiger partial charge in [0.2, 0.25) is 5.91 Å². The Morgan fingerprint density at radius 1 is 1.37 bits per heavy atom. The van der Waals surface area contributed by atoms with E-state index in [-0.39, 0.29) is 24.4 Å². The lowest BCUT2D eigenvalue weighted by Gasteiger charge is -2.25. The van der Waals surface area contributed by atoms with Crippen LogP contribution in [0.5, 0.6) is 0 Å². The Balaban J connectivity index is 0.00000324. The third-order valence-electron chi connectivity index (χ3n) is 3.02. The highest BCUT2D eigenvalue weighted by atomic mass is 35.5. The molecule has 0 aliphatic rings. The van der Waals surface area contributed by atoms with Crippen molar-refractivity contribution in [1.29, 1.82) is 0 Å². The van der Waals surface area contributed by atoms with Gasteiger partial charge >= 0.3 is 0 Å². The second-order valence-electron chi connectivity index (χ2n) is 4.26. The van der Waals surface area contributed by atoms with Crippen molar-refractivity contribution < 1.29 is 9.53 Å². The van der Waals surface area contributed by atoms with E-state index in [1.807, 2.05) is 44.3 Å². The van der Waals surface area contributed by atoms with Gasteiger partial charge in [-0.3, -0.25) is 4.79 Å². The van der Waals surface area contributed by atoms with Crippen LogP contribution in [-0.2, 0) is 9.53 Å². The van der Waals surface area contributed by atoms with Crippen LogP contribution < -0.4 is 5.32 Å². The van der Waals surface area contributed by atoms with E-state index < -0.39 is 0 Å². The number of halogens is 1. The fourth-order valence-electron chi connectivity index (χ4n) is 1.67. The summed E-state index contributed by atoms with van der Waals surface area (Å²) in [4.78, 5) is 13.7. The third kappa shape index (κ3) is 6.05. The maximum Gasteiger partial charge on any atom is 0.236 e. The maximum atomic E-state index is 11.9. The summed E-state index contributed by atoms with van der Waals surface area (Å²) in [5.74, 6) is 0.0856. The van der Waals surface area contributed by atoms with E-state index in [4.69, 9.17) is 4.74 Å². The van der Waals surface area contributed by atoms with Crippen LogP contribution in [0.2, 0.25) is 0 Å². The number of rotatable bonds is 7. The van der Waals surface area contributed by atoms with Gasteiger partial charge in [-0.2, -0.15) is 0 Å². The normalized spacial score (nSPS) is 11.5. The minimum atomic E-state index is 0. The Bertz CT molecular complexity index is 360. The molecule has 0 aromatic heterocycles. The van der Waals surface area contributed by atoms with Crippen LogP contribution in [0.3, 0.4) is 0 Å². The van der Waals surface area contributed by atoms with Crippen molar-refractivity contribution in [2.24, 2.45) is 0 Å². The van der Waals surface area contributed by atoms with Gasteiger partial charge in [0.15, 0.2) is 0 Å². The molecule has 1 rings (SSSR count). The number of hydrogen-bond donors (Lipinski definition) is 1. The topological polar surface area (TPSA) is 41.6 Å². The molecule has 1 N–H and O–H groups in total. The lowest BCUT2D eigenvalue weighted by Crippen LogP contribution is -2.38. The van der Waals surface area contributed by atoms with E-state index in [1.54, 1.807) is 12.0 Å². The van der Waals surface area contributed by atoms with E-state index in [0.717, 1.165) is 5.56 Å². The summed E-state index contributed by atoms with van der Waals surface area (Å²) < 4.78 is 4.91. The molecule has 108 valence electrons. The number of likely N-dealkylation sites (N-methyl/N-ethyl adjacent to an activating group) is 1. The second-order valence-corrected chi connectivity index (χ2v) is 4.26. The molecule has 0 saturated heterocycles. The molecule has 1 aromatic carbocycles. The Morgan fingerprint density at radius 3 is 2.58 bits per heavy atom. The summed E-state index contributed by atoms with van der Waals surface area (Å²) in [6.07, 6.45) is 0. The molecule has 1 aromatic rings. The molecule has 1 amide bonds. The molecule has 1 atom stereocenters. The van der Waals surface area contributed by atoms with Gasteiger partial charge in [-0.1, -0.05) is 30.3 Å². The first-order chi connectivity index (χ1) is 8.66. The molecule has 0 spiro atoms. The molecular formula is C14H23ClN2O2. The summed E-state index contributed by atoms with van der Waals surface area (Å²) in [6, 6.07) is 10.1. The minimum absolute atomic E-state index is 0. The lowest BCUT2D eigenvalue weighted by atomic mass is 10.1. The molecule has 0 fully saturated rings. The molecule has 0 bridgehead atoms. The molecule has 0 heterocycles. The first-order valence-electron chi connectivity index (χ1n) is 6.17. The van der Waals surface area contributed by atoms with Gasteiger partial charge in [0, 0.05) is 20.7 Å². The van der Waals surface area contributed by atoms with Crippen LogP contribution >= 0.6 is 12.4 Å². The number of carbonyl (C=O) groups excluding carboxylic acids is 1. The maximum absolute atomic E-state index is 11.9. The SMILES string of the molecule is COCCNCC(=O)N(C)C(C)c1ccccc1.Cl. The second kappa shape index (κ2) is 9.78. The van der Waals surface area contributed by atoms with Crippen LogP contribution in [0, 0.1) is 0 Å². The molecule has 5 heteroatoms. The fourth-order valence-corrected chi connectivity index (χ4v) is 1.67. The monoisotopic (exact) mass is 286 g/mol. The fraction of sp³-hybridized carbons (Fsp3) is 0.500. The van der Waals surface area contributed by atoms with Crippen LogP contribution in [0.25, 0.3) is 0 Å². The van der Waals surface area contributed by atoms with Crippen molar-refractivity contribution in [2.45, 2.75) is 13.0 Å². The van der Waals surface area contributed by atoms with E-state index in [9.17, 15) is 4.79 Å². The van der Waals surface area contributed by atoms with Gasteiger partial charge in [0.1, 0.15) is 0 Å². The van der Waals surface area contributed by atoms with E-state index >= 15 is 0 Å². The van der Waals surface area contributed by atoms with Crippen LogP contribution in [0.1, 0.15) is 18.5 Å². The average Bonchev–Trinajstić information content (AvgIpc) is 2.42. The number of hydrogen-bond acceptors (Lipinski definition) is 3. The number of nitrogens with one attached hydrogen (secondary N) is 1. The summed E-state index contributed by atoms with van der Waals surface area (Å²) in [6.45, 7) is 3.68. The van der Waals surface area contributed by atoms with Gasteiger partial charge in [0.25, 0.3) is 0 Å². The molecule has 4 nitrogen and oxygen atoms in total. The van der Waals surface area contributed by atoms with Crippen molar-refractivity contribution in [3.8, 4) is 0 Å². The highest BCUT2D eigenvalue weighted by Crippen LogP contribution is 2.17. The standard InChI is InChI=1S/C14H22N2O2.ClH/c1-12(13-7-5-4-6-8-13)16(2)14(17)11-15-9-10-18-3;/h4-8,12,15H,9-11H2,1-3H3;1H. The highest BCUT2D eigenvalue weighted by molar-refractivity contribution is 5.85. The zero-order valence-electron chi connectivity index (χ0n) is 11.8. The van der Waals surface area contributed by atoms with Crippen molar-refractivity contribution in [3.63, 3.8) is 0 Å². The van der Waals surface area contributed by atoms with Crippen LogP contribution in [-0.4, -0.2) is 44.7 Å². The summed E-state index contributed by atoms with van der Waals surface area (Å²) in [5, 5.41) is 3.06. The largest absolute Gasteiger partial charge is 0.383 e. The Kier molecular flexibility index (Phi) is 9.21. The van der Waals surface area contributed by atoms with Crippen LogP contribution in [0.15, 0.2) is 30.3 Å². The van der Waals surface area contributed by atoms with Crippen LogP contribution in [0.4, 0.5) is 0 Å². The molecule has 0 aliphatic heterocycles. The van der Waals surface area contributed by atoms with E-state index in [2.05, 4.69) is 5.32 Å². The number of nitrogens with zero attached hydrogens (tertiary/aromatic N) is 1. The molecule has 0 radical (unpaired) electrons. The smallest absolute Gasteiger partial charge is 0.236 e. The summed E-state index contributed by atoms with van der Waals surface area (Å²) in [5.41, 5.74) is 1.14. The third-order valence-corrected chi connectivity index (χ3v) is 3.02. The van der Waals surface area contributed by atoms with Crippen molar-refractivity contribution in [2.75, 3.05) is 33.9 Å². The molecule has 1 unspecified atom stereocenters. The van der Waals surface area contributed by atoms with Gasteiger partial charge in [-0.15, -0.1) is 12.4 Å². The van der Waals surface area contributed by atoms with E-state index in [0.29, 0.717) is 19.7 Å². The lowest BCUT2D eigenvalue weighted by molar-refractivity contribution is -0.130. The summed E-state index contributed by atoms with van der Waals surface area (Å²) in [7, 11) is 3.48. The number of amides is 1. The Morgan fingerprint density at radius 2 is 2.00 bits per heavy atom. The van der Waals surface area contributed by atoms with Gasteiger partial charge in [0.05, 0.1) is 19.2 Å². The quantitative estimate of drug-likeness (QED) is 0.778. The summed E-state index contributed by atoms with van der Waals surface area (Å²) >= 11 is 0.